The van der Waals surface area contributed by atoms with Gasteiger partial charge in [0.25, 0.3) is 0 Å². The lowest BCUT2D eigenvalue weighted by Crippen LogP contribution is -2.19. The van der Waals surface area contributed by atoms with Crippen LogP contribution >= 0.6 is 11.3 Å². The number of aromatic nitrogens is 2. The highest BCUT2D eigenvalue weighted by atomic mass is 32.1. The first kappa shape index (κ1) is 14.5. The van der Waals surface area contributed by atoms with Gasteiger partial charge in [0, 0.05) is 23.5 Å². The highest BCUT2D eigenvalue weighted by molar-refractivity contribution is 7.11. The number of anilines is 1. The van der Waals surface area contributed by atoms with E-state index < -0.39 is 5.91 Å². The number of para-hydroxylation sites is 1. The molecule has 0 atom stereocenters. The van der Waals surface area contributed by atoms with Crippen LogP contribution in [0.15, 0.2) is 36.5 Å². The molecule has 1 amide bonds. The van der Waals surface area contributed by atoms with Gasteiger partial charge in [0.2, 0.25) is 5.91 Å². The Morgan fingerprint density at radius 2 is 2.14 bits per heavy atom. The number of carbonyl (C=O) groups is 1. The van der Waals surface area contributed by atoms with Crippen LogP contribution in [-0.4, -0.2) is 22.9 Å². The molecule has 0 aliphatic carbocycles. The van der Waals surface area contributed by atoms with Gasteiger partial charge >= 0.3 is 0 Å². The standard InChI is InChI=1S/C16H16N4OS/c1-10-18-8-11(22-10)9-20(2)15-7-13(16(17)21)12-5-3-4-6-14(12)19-15/h3-8H,9H2,1-2H3,(H2,17,21). The Balaban J connectivity index is 2.01. The van der Waals surface area contributed by atoms with E-state index in [1.165, 1.54) is 0 Å². The summed E-state index contributed by atoms with van der Waals surface area (Å²) in [6.45, 7) is 2.67. The van der Waals surface area contributed by atoms with Crippen molar-refractivity contribution in [2.75, 3.05) is 11.9 Å². The van der Waals surface area contributed by atoms with Gasteiger partial charge < -0.3 is 10.6 Å². The molecule has 112 valence electrons. The monoisotopic (exact) mass is 312 g/mol. The number of carbonyl (C=O) groups excluding carboxylic acids is 1. The van der Waals surface area contributed by atoms with Gasteiger partial charge in [0.1, 0.15) is 5.82 Å². The molecule has 1 aromatic carbocycles. The highest BCUT2D eigenvalue weighted by Crippen LogP contribution is 2.24. The number of nitrogens with zero attached hydrogens (tertiary/aromatic N) is 3. The van der Waals surface area contributed by atoms with Gasteiger partial charge in [-0.1, -0.05) is 18.2 Å². The third-order valence-corrected chi connectivity index (χ3v) is 4.32. The van der Waals surface area contributed by atoms with Crippen molar-refractivity contribution in [2.45, 2.75) is 13.5 Å². The van der Waals surface area contributed by atoms with E-state index in [0.29, 0.717) is 12.1 Å². The van der Waals surface area contributed by atoms with Crippen molar-refractivity contribution in [3.05, 3.63) is 52.0 Å². The van der Waals surface area contributed by atoms with Crippen molar-refractivity contribution in [1.29, 1.82) is 0 Å². The molecular formula is C16H16N4OS. The molecule has 0 aliphatic rings. The largest absolute Gasteiger partial charge is 0.366 e. The molecule has 0 spiro atoms. The van der Waals surface area contributed by atoms with E-state index in [1.54, 1.807) is 17.4 Å². The molecule has 0 fully saturated rings. The van der Waals surface area contributed by atoms with Crippen molar-refractivity contribution in [2.24, 2.45) is 5.73 Å². The predicted octanol–water partition coefficient (Wildman–Crippen LogP) is 2.74. The van der Waals surface area contributed by atoms with E-state index in [0.717, 1.165) is 26.6 Å². The van der Waals surface area contributed by atoms with E-state index in [4.69, 9.17) is 5.73 Å². The number of hydrogen-bond donors (Lipinski definition) is 1. The molecule has 0 radical (unpaired) electrons. The number of thiazole rings is 1. The molecule has 3 rings (SSSR count). The summed E-state index contributed by atoms with van der Waals surface area (Å²) in [4.78, 5) is 23.7. The average molecular weight is 312 g/mol. The zero-order chi connectivity index (χ0) is 15.7. The molecule has 2 aromatic heterocycles. The summed E-state index contributed by atoms with van der Waals surface area (Å²) in [5.74, 6) is 0.278. The van der Waals surface area contributed by atoms with Gasteiger partial charge in [0.05, 0.1) is 22.6 Å². The fraction of sp³-hybridized carbons (Fsp3) is 0.188. The molecule has 0 saturated carbocycles. The van der Waals surface area contributed by atoms with Crippen molar-refractivity contribution in [3.63, 3.8) is 0 Å². The van der Waals surface area contributed by atoms with E-state index in [1.807, 2.05) is 49.3 Å². The maximum atomic E-state index is 11.7. The molecule has 22 heavy (non-hydrogen) atoms. The lowest BCUT2D eigenvalue weighted by molar-refractivity contribution is 0.100. The summed E-state index contributed by atoms with van der Waals surface area (Å²) in [6.07, 6.45) is 1.87. The second-order valence-corrected chi connectivity index (χ2v) is 6.43. The second-order valence-electron chi connectivity index (χ2n) is 5.11. The van der Waals surface area contributed by atoms with Gasteiger partial charge in [0.15, 0.2) is 0 Å². The predicted molar refractivity (Wildman–Crippen MR) is 89.2 cm³/mol. The third-order valence-electron chi connectivity index (χ3n) is 3.42. The summed E-state index contributed by atoms with van der Waals surface area (Å²) in [7, 11) is 1.94. The lowest BCUT2D eigenvalue weighted by atomic mass is 10.1. The smallest absolute Gasteiger partial charge is 0.249 e. The summed E-state index contributed by atoms with van der Waals surface area (Å²) in [6, 6.07) is 9.27. The zero-order valence-corrected chi connectivity index (χ0v) is 13.2. The van der Waals surface area contributed by atoms with Gasteiger partial charge in [-0.3, -0.25) is 4.79 Å². The summed E-state index contributed by atoms with van der Waals surface area (Å²) >= 11 is 1.65. The fourth-order valence-electron chi connectivity index (χ4n) is 2.35. The number of amides is 1. The number of primary amides is 1. The average Bonchev–Trinajstić information content (AvgIpc) is 2.91. The highest BCUT2D eigenvalue weighted by Gasteiger charge is 2.13. The Kier molecular flexibility index (Phi) is 3.77. The van der Waals surface area contributed by atoms with Gasteiger partial charge in [-0.05, 0) is 19.1 Å². The summed E-state index contributed by atoms with van der Waals surface area (Å²) in [5, 5.41) is 1.81. The number of hydrogen-bond acceptors (Lipinski definition) is 5. The molecule has 5 nitrogen and oxygen atoms in total. The van der Waals surface area contributed by atoms with Crippen LogP contribution < -0.4 is 10.6 Å². The second kappa shape index (κ2) is 5.73. The quantitative estimate of drug-likeness (QED) is 0.804. The summed E-state index contributed by atoms with van der Waals surface area (Å²) < 4.78 is 0. The normalized spacial score (nSPS) is 10.8. The third kappa shape index (κ3) is 2.78. The molecule has 3 aromatic rings. The Labute approximate surface area is 132 Å². The van der Waals surface area contributed by atoms with Crippen LogP contribution in [0.3, 0.4) is 0 Å². The molecular weight excluding hydrogens is 296 g/mol. The Morgan fingerprint density at radius 3 is 2.82 bits per heavy atom. The minimum atomic E-state index is -0.443. The van der Waals surface area contributed by atoms with Gasteiger partial charge in [-0.2, -0.15) is 0 Å². The number of benzene rings is 1. The lowest BCUT2D eigenvalue weighted by Gasteiger charge is -2.18. The Hall–Kier alpha value is -2.47. The van der Waals surface area contributed by atoms with Crippen LogP contribution in [0.2, 0.25) is 0 Å². The van der Waals surface area contributed by atoms with Crippen LogP contribution in [0, 0.1) is 6.92 Å². The Morgan fingerprint density at radius 1 is 1.36 bits per heavy atom. The van der Waals surface area contributed by atoms with Crippen molar-refractivity contribution in [1.82, 2.24) is 9.97 Å². The zero-order valence-electron chi connectivity index (χ0n) is 12.4. The summed E-state index contributed by atoms with van der Waals surface area (Å²) in [5.41, 5.74) is 6.77. The molecule has 2 N–H and O–H groups in total. The van der Waals surface area contributed by atoms with Crippen molar-refractivity contribution in [3.8, 4) is 0 Å². The van der Waals surface area contributed by atoms with E-state index in [9.17, 15) is 4.79 Å². The number of nitrogens with two attached hydrogens (primary N) is 1. The van der Waals surface area contributed by atoms with Crippen molar-refractivity contribution < 1.29 is 4.79 Å². The van der Waals surface area contributed by atoms with Crippen LogP contribution in [0.25, 0.3) is 10.9 Å². The van der Waals surface area contributed by atoms with Crippen molar-refractivity contribution >= 4 is 34.0 Å². The minimum Gasteiger partial charge on any atom is -0.366 e. The van der Waals surface area contributed by atoms with E-state index >= 15 is 0 Å². The molecule has 0 aliphatic heterocycles. The van der Waals surface area contributed by atoms with Crippen LogP contribution in [0.1, 0.15) is 20.2 Å². The number of aryl methyl sites for hydroxylation is 1. The number of pyridine rings is 1. The minimum absolute atomic E-state index is 0.443. The Bertz CT molecular complexity index is 843. The van der Waals surface area contributed by atoms with Crippen LogP contribution in [0.4, 0.5) is 5.82 Å². The maximum Gasteiger partial charge on any atom is 0.249 e. The first-order valence-corrected chi connectivity index (χ1v) is 7.68. The molecule has 0 bridgehead atoms. The molecule has 0 saturated heterocycles. The first-order chi connectivity index (χ1) is 10.5. The molecule has 0 unspecified atom stereocenters. The SMILES string of the molecule is Cc1ncc(CN(C)c2cc(C(N)=O)c3ccccc3n2)s1. The van der Waals surface area contributed by atoms with Gasteiger partial charge in [-0.25, -0.2) is 9.97 Å². The molecule has 2 heterocycles. The van der Waals surface area contributed by atoms with Crippen LogP contribution in [-0.2, 0) is 6.54 Å². The molecule has 6 heteroatoms. The number of rotatable bonds is 4. The van der Waals surface area contributed by atoms with Crippen LogP contribution in [0.5, 0.6) is 0 Å². The van der Waals surface area contributed by atoms with Gasteiger partial charge in [-0.15, -0.1) is 11.3 Å². The fourth-order valence-corrected chi connectivity index (χ4v) is 3.20. The topological polar surface area (TPSA) is 72.1 Å². The maximum absolute atomic E-state index is 11.7. The van der Waals surface area contributed by atoms with E-state index in [-0.39, 0.29) is 0 Å². The number of fused-ring (bicyclic) bond motifs is 1. The first-order valence-electron chi connectivity index (χ1n) is 6.86. The van der Waals surface area contributed by atoms with E-state index in [2.05, 4.69) is 9.97 Å².